The second-order valence-electron chi connectivity index (χ2n) is 9.69. The van der Waals surface area contributed by atoms with Crippen LogP contribution in [0.1, 0.15) is 47.3 Å². The van der Waals surface area contributed by atoms with Crippen LogP contribution in [0.4, 0.5) is 0 Å². The number of nitrogens with one attached hydrogen (secondary N) is 2. The summed E-state index contributed by atoms with van der Waals surface area (Å²) in [5.41, 5.74) is 7.08. The average molecular weight is 465 g/mol. The van der Waals surface area contributed by atoms with Crippen molar-refractivity contribution in [1.82, 2.24) is 20.2 Å². The van der Waals surface area contributed by atoms with Gasteiger partial charge in [-0.1, -0.05) is 97.4 Å². The first kappa shape index (κ1) is 23.5. The van der Waals surface area contributed by atoms with Crippen LogP contribution in [0.3, 0.4) is 0 Å². The highest BCUT2D eigenvalue weighted by atomic mass is 15.3. The van der Waals surface area contributed by atoms with Crippen molar-refractivity contribution in [2.75, 3.05) is 26.2 Å². The maximum Gasteiger partial charge on any atom is 0.137 e. The number of aryl methyl sites for hydroxylation is 2. The summed E-state index contributed by atoms with van der Waals surface area (Å²) in [5.74, 6) is 1.10. The number of aromatic amines is 1. The summed E-state index contributed by atoms with van der Waals surface area (Å²) >= 11 is 0. The molecule has 5 rings (SSSR count). The zero-order valence-electron chi connectivity index (χ0n) is 21.1. The van der Waals surface area contributed by atoms with E-state index in [0.29, 0.717) is 0 Å². The molecule has 0 aliphatic carbocycles. The summed E-state index contributed by atoms with van der Waals surface area (Å²) in [6.45, 7) is 10.6. The molecule has 4 aromatic rings. The van der Waals surface area contributed by atoms with Crippen LogP contribution in [-0.2, 0) is 5.54 Å². The van der Waals surface area contributed by atoms with Gasteiger partial charge in [-0.05, 0) is 31.4 Å². The molecule has 1 aliphatic heterocycles. The van der Waals surface area contributed by atoms with Crippen molar-refractivity contribution < 1.29 is 0 Å². The molecule has 0 amide bonds. The number of rotatable bonds is 7. The van der Waals surface area contributed by atoms with Crippen LogP contribution in [0.15, 0.2) is 84.9 Å². The fraction of sp³-hybridized carbons (Fsp3) is 0.323. The van der Waals surface area contributed by atoms with Gasteiger partial charge in [-0.2, -0.15) is 0 Å². The predicted molar refractivity (Wildman–Crippen MR) is 145 cm³/mol. The van der Waals surface area contributed by atoms with E-state index in [1.54, 1.807) is 0 Å². The maximum atomic E-state index is 5.38. The lowest BCUT2D eigenvalue weighted by Gasteiger charge is -2.50. The second-order valence-corrected chi connectivity index (χ2v) is 9.69. The Bertz CT molecular complexity index is 1180. The van der Waals surface area contributed by atoms with Crippen LogP contribution < -0.4 is 5.32 Å². The van der Waals surface area contributed by atoms with E-state index >= 15 is 0 Å². The molecule has 0 radical (unpaired) electrons. The van der Waals surface area contributed by atoms with Gasteiger partial charge in [0.05, 0.1) is 11.2 Å². The number of piperazine rings is 1. The van der Waals surface area contributed by atoms with Crippen molar-refractivity contribution in [2.45, 2.75) is 38.6 Å². The standard InChI is InChI=1S/C31H36N4/c1-4-31(35-21-19-32-20-22-35,28(25-11-7-5-8-12-25)26-13-9-6-10-14-26)29-24(3)33-30(34-29)27-17-15-23(2)16-18-27/h5-18,28,32H,4,19-22H2,1-3H3,(H,33,34). The van der Waals surface area contributed by atoms with Crippen LogP contribution in [0, 0.1) is 13.8 Å². The lowest BCUT2D eigenvalue weighted by molar-refractivity contribution is 0.0472. The van der Waals surface area contributed by atoms with Gasteiger partial charge in [0, 0.05) is 43.4 Å². The Balaban J connectivity index is 1.74. The van der Waals surface area contributed by atoms with Gasteiger partial charge in [0.25, 0.3) is 0 Å². The smallest absolute Gasteiger partial charge is 0.137 e. The van der Waals surface area contributed by atoms with Crippen molar-refractivity contribution in [3.8, 4) is 11.4 Å². The molecule has 0 spiro atoms. The molecule has 1 aliphatic rings. The Morgan fingerprint density at radius 2 is 1.40 bits per heavy atom. The van der Waals surface area contributed by atoms with E-state index in [1.807, 2.05) is 0 Å². The first-order valence-corrected chi connectivity index (χ1v) is 12.8. The van der Waals surface area contributed by atoms with Gasteiger partial charge in [0.15, 0.2) is 0 Å². The third-order valence-corrected chi connectivity index (χ3v) is 7.58. The number of H-pyrrole nitrogens is 1. The van der Waals surface area contributed by atoms with Crippen molar-refractivity contribution >= 4 is 0 Å². The van der Waals surface area contributed by atoms with E-state index in [4.69, 9.17) is 4.98 Å². The Morgan fingerprint density at radius 3 is 1.94 bits per heavy atom. The molecule has 1 aromatic heterocycles. The van der Waals surface area contributed by atoms with Gasteiger partial charge in [0.1, 0.15) is 5.82 Å². The third kappa shape index (κ3) is 4.44. The minimum Gasteiger partial charge on any atom is -0.342 e. The summed E-state index contributed by atoms with van der Waals surface area (Å²) in [6.07, 6.45) is 0.959. The van der Waals surface area contributed by atoms with Crippen molar-refractivity contribution in [3.63, 3.8) is 0 Å². The SMILES string of the molecule is CCC(c1nc(-c2ccc(C)cc2)[nH]c1C)(C(c1ccccc1)c1ccccc1)N1CCNCC1. The molecule has 1 fully saturated rings. The third-order valence-electron chi connectivity index (χ3n) is 7.58. The van der Waals surface area contributed by atoms with Crippen LogP contribution >= 0.6 is 0 Å². The summed E-state index contributed by atoms with van der Waals surface area (Å²) in [4.78, 5) is 11.7. The molecular formula is C31H36N4. The molecule has 0 saturated carbocycles. The van der Waals surface area contributed by atoms with E-state index < -0.39 is 0 Å². The minimum absolute atomic E-state index is 0.154. The Hall–Kier alpha value is -3.21. The van der Waals surface area contributed by atoms with E-state index in [-0.39, 0.29) is 11.5 Å². The number of aromatic nitrogens is 2. The highest BCUT2D eigenvalue weighted by molar-refractivity contribution is 5.57. The summed E-state index contributed by atoms with van der Waals surface area (Å²) in [7, 11) is 0. The molecule has 180 valence electrons. The van der Waals surface area contributed by atoms with E-state index in [1.165, 1.54) is 16.7 Å². The number of hydrogen-bond acceptors (Lipinski definition) is 3. The number of hydrogen-bond donors (Lipinski definition) is 2. The van der Waals surface area contributed by atoms with Crippen LogP contribution in [-0.4, -0.2) is 41.0 Å². The maximum absolute atomic E-state index is 5.38. The highest BCUT2D eigenvalue weighted by Gasteiger charge is 2.48. The first-order chi connectivity index (χ1) is 17.1. The van der Waals surface area contributed by atoms with Gasteiger partial charge in [-0.15, -0.1) is 0 Å². The van der Waals surface area contributed by atoms with Gasteiger partial charge in [-0.25, -0.2) is 4.98 Å². The Labute approximate surface area is 209 Å². The molecule has 4 nitrogen and oxygen atoms in total. The zero-order valence-corrected chi connectivity index (χ0v) is 21.1. The average Bonchev–Trinajstić information content (AvgIpc) is 3.31. The predicted octanol–water partition coefficient (Wildman–Crippen LogP) is 6.04. The van der Waals surface area contributed by atoms with Gasteiger partial charge < -0.3 is 10.3 Å². The highest BCUT2D eigenvalue weighted by Crippen LogP contribution is 2.49. The molecule has 1 atom stereocenters. The number of nitrogens with zero attached hydrogens (tertiary/aromatic N) is 2. The second kappa shape index (κ2) is 10.2. The lowest BCUT2D eigenvalue weighted by Crippen LogP contribution is -2.57. The van der Waals surface area contributed by atoms with Gasteiger partial charge in [-0.3, -0.25) is 4.90 Å². The first-order valence-electron chi connectivity index (χ1n) is 12.8. The van der Waals surface area contributed by atoms with Crippen LogP contribution in [0.5, 0.6) is 0 Å². The summed E-state index contributed by atoms with van der Waals surface area (Å²) < 4.78 is 0. The van der Waals surface area contributed by atoms with Crippen LogP contribution in [0.25, 0.3) is 11.4 Å². The fourth-order valence-corrected chi connectivity index (χ4v) is 5.89. The quantitative estimate of drug-likeness (QED) is 0.351. The Morgan fingerprint density at radius 1 is 0.829 bits per heavy atom. The van der Waals surface area contributed by atoms with E-state index in [0.717, 1.165) is 55.4 Å². The van der Waals surface area contributed by atoms with Crippen LogP contribution in [0.2, 0.25) is 0 Å². The molecule has 1 unspecified atom stereocenters. The molecule has 2 N–H and O–H groups in total. The summed E-state index contributed by atoms with van der Waals surface area (Å²) in [6, 6.07) is 30.7. The number of benzene rings is 3. The summed E-state index contributed by atoms with van der Waals surface area (Å²) in [5, 5.41) is 3.56. The van der Waals surface area contributed by atoms with E-state index in [2.05, 4.69) is 121 Å². The minimum atomic E-state index is -0.283. The fourth-order valence-electron chi connectivity index (χ4n) is 5.89. The van der Waals surface area contributed by atoms with Crippen molar-refractivity contribution in [3.05, 3.63) is 113 Å². The Kier molecular flexibility index (Phi) is 6.85. The normalized spacial score (nSPS) is 16.3. The lowest BCUT2D eigenvalue weighted by atomic mass is 9.69. The largest absolute Gasteiger partial charge is 0.342 e. The molecule has 0 bridgehead atoms. The van der Waals surface area contributed by atoms with Gasteiger partial charge in [0.2, 0.25) is 0 Å². The molecule has 4 heteroatoms. The molecule has 1 saturated heterocycles. The number of imidazole rings is 1. The molecule has 2 heterocycles. The topological polar surface area (TPSA) is 44.0 Å². The van der Waals surface area contributed by atoms with Crippen molar-refractivity contribution in [2.24, 2.45) is 0 Å². The zero-order chi connectivity index (χ0) is 24.3. The van der Waals surface area contributed by atoms with Gasteiger partial charge >= 0.3 is 0 Å². The monoisotopic (exact) mass is 464 g/mol. The van der Waals surface area contributed by atoms with E-state index in [9.17, 15) is 0 Å². The molecular weight excluding hydrogens is 428 g/mol. The molecule has 3 aromatic carbocycles. The van der Waals surface area contributed by atoms with Crippen molar-refractivity contribution in [1.29, 1.82) is 0 Å². The molecule has 35 heavy (non-hydrogen) atoms.